The molecule has 1 amide bonds. The van der Waals surface area contributed by atoms with Crippen LogP contribution < -0.4 is 0 Å². The van der Waals surface area contributed by atoms with Crippen molar-refractivity contribution in [3.8, 4) is 0 Å². The second-order valence-electron chi connectivity index (χ2n) is 3.06. The maximum absolute atomic E-state index is 11.0. The Bertz CT molecular complexity index is 226. The van der Waals surface area contributed by atoms with Crippen LogP contribution in [0.2, 0.25) is 0 Å². The fourth-order valence-corrected chi connectivity index (χ4v) is 1.34. The predicted octanol–water partition coefficient (Wildman–Crippen LogP) is -2.21. The summed E-state index contributed by atoms with van der Waals surface area (Å²) < 4.78 is 8.91. The molecule has 0 aromatic heterocycles. The third-order valence-electron chi connectivity index (χ3n) is 1.97. The molecule has 0 aromatic carbocycles. The molecule has 0 aromatic rings. The third-order valence-corrected chi connectivity index (χ3v) is 1.97. The number of morpholine rings is 1. The van der Waals surface area contributed by atoms with Crippen LogP contribution in [0.15, 0.2) is 0 Å². The fourth-order valence-electron chi connectivity index (χ4n) is 1.34. The number of hydrogen-bond donors (Lipinski definition) is 3. The minimum Gasteiger partial charge on any atom is -0.367 e. The van der Waals surface area contributed by atoms with E-state index >= 15 is 0 Å². The van der Waals surface area contributed by atoms with E-state index in [0.29, 0.717) is 13.1 Å². The lowest BCUT2D eigenvalue weighted by atomic mass is 10.4. The summed E-state index contributed by atoms with van der Waals surface area (Å²) in [5, 5.41) is 25.0. The summed E-state index contributed by atoms with van der Waals surface area (Å²) in [6.07, 6.45) is -4.29. The molecule has 2 unspecified atom stereocenters. The van der Waals surface area contributed by atoms with Crippen molar-refractivity contribution >= 4 is 6.09 Å². The molecule has 2 fully saturated rings. The van der Waals surface area contributed by atoms with Gasteiger partial charge in [-0.1, -0.05) is 0 Å². The van der Waals surface area contributed by atoms with Crippen molar-refractivity contribution in [2.24, 2.45) is 0 Å². The minimum atomic E-state index is -3.40. The minimum absolute atomic E-state index is 0.0398. The maximum Gasteiger partial charge on any atom is 0.456 e. The van der Waals surface area contributed by atoms with Gasteiger partial charge in [-0.15, -0.1) is 0 Å². The first-order valence-corrected chi connectivity index (χ1v) is 3.76. The summed E-state index contributed by atoms with van der Waals surface area (Å²) >= 11 is 0. The molecule has 7 heteroatoms. The standard InChI is InChI=1S/C6H9NO6/c8-5(13-6(9,10)11)7-1-3-4(2-7)12-3/h3-4,9-11H,1-2H2. The lowest BCUT2D eigenvalue weighted by molar-refractivity contribution is -0.432. The number of likely N-dealkylation sites (tertiary alicyclic amines) is 1. The first kappa shape index (κ1) is 8.70. The van der Waals surface area contributed by atoms with E-state index in [9.17, 15) is 4.79 Å². The molecule has 0 saturated carbocycles. The van der Waals surface area contributed by atoms with Crippen LogP contribution in [0.5, 0.6) is 0 Å². The highest BCUT2D eigenvalue weighted by Gasteiger charge is 2.50. The van der Waals surface area contributed by atoms with Crippen molar-refractivity contribution in [1.82, 2.24) is 4.90 Å². The van der Waals surface area contributed by atoms with Crippen LogP contribution in [0.1, 0.15) is 0 Å². The van der Waals surface area contributed by atoms with E-state index in [1.54, 1.807) is 0 Å². The van der Waals surface area contributed by atoms with Gasteiger partial charge in [-0.3, -0.25) is 0 Å². The number of carbonyl (C=O) groups is 1. The number of fused-ring (bicyclic) bond motifs is 1. The van der Waals surface area contributed by atoms with Gasteiger partial charge in [0.2, 0.25) is 0 Å². The topological polar surface area (TPSA) is 103 Å². The van der Waals surface area contributed by atoms with Gasteiger partial charge in [0.25, 0.3) is 0 Å². The van der Waals surface area contributed by atoms with Gasteiger partial charge in [-0.05, 0) is 0 Å². The van der Waals surface area contributed by atoms with Gasteiger partial charge in [-0.25, -0.2) is 4.79 Å². The maximum atomic E-state index is 11.0. The zero-order chi connectivity index (χ0) is 9.64. The van der Waals surface area contributed by atoms with Gasteiger partial charge in [0, 0.05) is 0 Å². The van der Waals surface area contributed by atoms with Crippen molar-refractivity contribution < 1.29 is 29.6 Å². The number of nitrogens with zero attached hydrogens (tertiary/aromatic N) is 1. The fraction of sp³-hybridized carbons (Fsp3) is 0.833. The van der Waals surface area contributed by atoms with E-state index in [4.69, 9.17) is 20.1 Å². The average molecular weight is 191 g/mol. The molecule has 0 bridgehead atoms. The predicted molar refractivity (Wildman–Crippen MR) is 36.1 cm³/mol. The normalized spacial score (nSPS) is 31.5. The molecule has 7 nitrogen and oxygen atoms in total. The molecule has 13 heavy (non-hydrogen) atoms. The molecule has 74 valence electrons. The average Bonchev–Trinajstić information content (AvgIpc) is 2.55. The molecule has 0 spiro atoms. The highest BCUT2D eigenvalue weighted by atomic mass is 16.9. The summed E-state index contributed by atoms with van der Waals surface area (Å²) in [6.45, 7) is 0.721. The molecule has 2 aliphatic rings. The Kier molecular flexibility index (Phi) is 1.70. The number of aliphatic hydroxyl groups is 3. The van der Waals surface area contributed by atoms with Crippen LogP contribution in [0.4, 0.5) is 4.79 Å². The molecule has 2 aliphatic heterocycles. The van der Waals surface area contributed by atoms with E-state index < -0.39 is 12.3 Å². The number of carbonyl (C=O) groups excluding carboxylic acids is 1. The van der Waals surface area contributed by atoms with Gasteiger partial charge in [0.05, 0.1) is 13.1 Å². The summed E-state index contributed by atoms with van der Waals surface area (Å²) in [4.78, 5) is 12.2. The molecule has 3 N–H and O–H groups in total. The van der Waals surface area contributed by atoms with E-state index in [-0.39, 0.29) is 12.2 Å². The molecular formula is C6H9NO6. The quantitative estimate of drug-likeness (QED) is 0.321. The largest absolute Gasteiger partial charge is 0.456 e. The van der Waals surface area contributed by atoms with Crippen LogP contribution in [-0.4, -0.2) is 57.8 Å². The van der Waals surface area contributed by atoms with Crippen molar-refractivity contribution in [3.05, 3.63) is 0 Å². The van der Waals surface area contributed by atoms with Crippen molar-refractivity contribution in [2.75, 3.05) is 13.1 Å². The first-order chi connectivity index (χ1) is 5.96. The van der Waals surface area contributed by atoms with Crippen LogP contribution in [-0.2, 0) is 9.47 Å². The lowest BCUT2D eigenvalue weighted by Crippen LogP contribution is -2.41. The Morgan fingerprint density at radius 3 is 2.38 bits per heavy atom. The Hall–Kier alpha value is -0.890. The number of hydrogen-bond acceptors (Lipinski definition) is 6. The van der Waals surface area contributed by atoms with Gasteiger partial charge >= 0.3 is 12.3 Å². The molecule has 2 rings (SSSR count). The molecule has 2 atom stereocenters. The van der Waals surface area contributed by atoms with Gasteiger partial charge in [0.1, 0.15) is 12.2 Å². The van der Waals surface area contributed by atoms with Gasteiger partial charge < -0.3 is 29.7 Å². The number of rotatable bonds is 1. The Morgan fingerprint density at radius 2 is 1.92 bits per heavy atom. The summed E-state index contributed by atoms with van der Waals surface area (Å²) in [5.74, 6) is 0. The lowest BCUT2D eigenvalue weighted by Gasteiger charge is -2.20. The van der Waals surface area contributed by atoms with Gasteiger partial charge in [-0.2, -0.15) is 0 Å². The Balaban J connectivity index is 1.84. The van der Waals surface area contributed by atoms with Crippen molar-refractivity contribution in [3.63, 3.8) is 0 Å². The first-order valence-electron chi connectivity index (χ1n) is 3.76. The third kappa shape index (κ3) is 1.89. The highest BCUT2D eigenvalue weighted by molar-refractivity contribution is 5.68. The van der Waals surface area contributed by atoms with Crippen molar-refractivity contribution in [2.45, 2.75) is 18.4 Å². The number of amides is 1. The molecular weight excluding hydrogens is 182 g/mol. The molecule has 0 aliphatic carbocycles. The second kappa shape index (κ2) is 2.55. The summed E-state index contributed by atoms with van der Waals surface area (Å²) in [6, 6.07) is 0. The van der Waals surface area contributed by atoms with E-state index in [0.717, 1.165) is 0 Å². The van der Waals surface area contributed by atoms with Crippen LogP contribution in [0, 0.1) is 0 Å². The van der Waals surface area contributed by atoms with Crippen molar-refractivity contribution in [1.29, 1.82) is 0 Å². The molecule has 2 saturated heterocycles. The van der Waals surface area contributed by atoms with E-state index in [1.807, 2.05) is 0 Å². The molecule has 2 heterocycles. The summed E-state index contributed by atoms with van der Waals surface area (Å²) in [7, 11) is 0. The van der Waals surface area contributed by atoms with Crippen LogP contribution in [0.3, 0.4) is 0 Å². The monoisotopic (exact) mass is 191 g/mol. The van der Waals surface area contributed by atoms with Crippen LogP contribution in [0.25, 0.3) is 0 Å². The van der Waals surface area contributed by atoms with E-state index in [2.05, 4.69) is 4.74 Å². The Morgan fingerprint density at radius 1 is 1.38 bits per heavy atom. The second-order valence-corrected chi connectivity index (χ2v) is 3.06. The highest BCUT2D eigenvalue weighted by Crippen LogP contribution is 2.30. The van der Waals surface area contributed by atoms with Crippen LogP contribution >= 0.6 is 0 Å². The van der Waals surface area contributed by atoms with Gasteiger partial charge in [0.15, 0.2) is 0 Å². The SMILES string of the molecule is O=C(OC(O)(O)O)N1CC2OC2C1. The van der Waals surface area contributed by atoms with E-state index in [1.165, 1.54) is 4.90 Å². The number of epoxide rings is 1. The zero-order valence-corrected chi connectivity index (χ0v) is 6.58. The molecule has 0 radical (unpaired) electrons. The smallest absolute Gasteiger partial charge is 0.367 e. The Labute approximate surface area is 73.1 Å². The zero-order valence-electron chi connectivity index (χ0n) is 6.58. The number of ether oxygens (including phenoxy) is 2. The summed E-state index contributed by atoms with van der Waals surface area (Å²) in [5.41, 5.74) is 0.